The number of allylic oxidation sites excluding steroid dienone is 1. The number of thiophene rings is 1. The first-order chi connectivity index (χ1) is 24.8. The van der Waals surface area contributed by atoms with Crippen LogP contribution in [0.2, 0.25) is 0 Å². The average Bonchev–Trinajstić information content (AvgIpc) is 3.62. The Balaban J connectivity index is 0.000000536. The summed E-state index contributed by atoms with van der Waals surface area (Å²) in [4.78, 5) is 26.9. The van der Waals surface area contributed by atoms with E-state index in [4.69, 9.17) is 4.98 Å². The Morgan fingerprint density at radius 3 is 2.00 bits per heavy atom. The summed E-state index contributed by atoms with van der Waals surface area (Å²) in [5.74, 6) is 2.81. The summed E-state index contributed by atoms with van der Waals surface area (Å²) in [5, 5.41) is 14.0. The summed E-state index contributed by atoms with van der Waals surface area (Å²) < 4.78 is 5.86. The molecule has 2 saturated heterocycles. The van der Waals surface area contributed by atoms with E-state index in [0.717, 1.165) is 101 Å². The molecule has 0 spiro atoms. The standard InChI is InChI=1S/C29H35N7S.C5H10O2.C4H10.2C2H6/c1-21(2)33-14-16-35(17-15-33)28-22-7-9-36(26-5-4-6-27-23(26)8-18-37-27)20-25(22)24(19-30)29(31-28)34-12-10-32(3)11-13-34;1-5(2,3)7-4-6;1-4(2)3;2*1-2/h4-6,8,18H,1,7,9-17,20H2,2-3H3;4H,1-3H3;4H,1-3H3;2*1-2H3. The number of pyridine rings is 1. The first kappa shape index (κ1) is 44.4. The molecule has 10 heteroatoms. The molecule has 52 heavy (non-hydrogen) atoms. The minimum atomic E-state index is -0.318. The zero-order valence-electron chi connectivity index (χ0n) is 34.4. The van der Waals surface area contributed by atoms with Gasteiger partial charge in [-0.05, 0) is 76.2 Å². The highest BCUT2D eigenvalue weighted by atomic mass is 32.1. The lowest BCUT2D eigenvalue weighted by molar-refractivity contribution is -0.138. The molecule has 9 nitrogen and oxygen atoms in total. The Morgan fingerprint density at radius 1 is 0.904 bits per heavy atom. The monoisotopic (exact) mass is 734 g/mol. The van der Waals surface area contributed by atoms with E-state index in [0.29, 0.717) is 6.47 Å². The molecular weight excluding hydrogens is 667 g/mol. The van der Waals surface area contributed by atoms with Crippen molar-refractivity contribution in [3.8, 4) is 6.07 Å². The molecule has 2 fully saturated rings. The maximum absolute atomic E-state index is 10.5. The van der Waals surface area contributed by atoms with Crippen LogP contribution in [0.25, 0.3) is 10.1 Å². The van der Waals surface area contributed by atoms with Crippen LogP contribution in [0.3, 0.4) is 0 Å². The number of carbonyl (C=O) groups is 1. The van der Waals surface area contributed by atoms with Crippen molar-refractivity contribution in [3.63, 3.8) is 0 Å². The fourth-order valence-electron chi connectivity index (χ4n) is 6.13. The number of ether oxygens (including phenoxy) is 1. The molecule has 0 N–H and O–H groups in total. The van der Waals surface area contributed by atoms with E-state index in [-0.39, 0.29) is 5.60 Å². The van der Waals surface area contributed by atoms with Crippen LogP contribution >= 0.6 is 11.3 Å². The minimum absolute atomic E-state index is 0.318. The molecule has 2 aromatic heterocycles. The summed E-state index contributed by atoms with van der Waals surface area (Å²) >= 11 is 1.79. The predicted molar refractivity (Wildman–Crippen MR) is 224 cm³/mol. The van der Waals surface area contributed by atoms with Gasteiger partial charge in [0.2, 0.25) is 0 Å². The summed E-state index contributed by atoms with van der Waals surface area (Å²) in [6.07, 6.45) is 0.899. The van der Waals surface area contributed by atoms with Crippen molar-refractivity contribution in [2.75, 3.05) is 80.7 Å². The summed E-state index contributed by atoms with van der Waals surface area (Å²) in [6.45, 7) is 35.9. The Hall–Kier alpha value is -3.81. The lowest BCUT2D eigenvalue weighted by Crippen LogP contribution is -2.48. The number of piperazine rings is 2. The van der Waals surface area contributed by atoms with Gasteiger partial charge < -0.3 is 29.2 Å². The van der Waals surface area contributed by atoms with E-state index in [1.165, 1.54) is 26.9 Å². The number of fused-ring (bicyclic) bond motifs is 2. The highest BCUT2D eigenvalue weighted by Gasteiger charge is 2.32. The zero-order valence-corrected chi connectivity index (χ0v) is 35.2. The van der Waals surface area contributed by atoms with Gasteiger partial charge in [-0.15, -0.1) is 11.3 Å². The molecule has 0 bridgehead atoms. The van der Waals surface area contributed by atoms with Gasteiger partial charge in [0.25, 0.3) is 6.47 Å². The highest BCUT2D eigenvalue weighted by molar-refractivity contribution is 7.17. The number of nitriles is 1. The molecule has 5 heterocycles. The summed E-state index contributed by atoms with van der Waals surface area (Å²) in [6, 6.07) is 11.4. The molecule has 3 aromatic rings. The normalized spacial score (nSPS) is 15.7. The number of anilines is 3. The van der Waals surface area contributed by atoms with Gasteiger partial charge >= 0.3 is 0 Å². The minimum Gasteiger partial charge on any atom is -0.462 e. The van der Waals surface area contributed by atoms with Crippen molar-refractivity contribution in [3.05, 3.63) is 58.6 Å². The number of nitrogens with zero attached hydrogens (tertiary/aromatic N) is 7. The van der Waals surface area contributed by atoms with Gasteiger partial charge in [-0.3, -0.25) is 4.79 Å². The maximum Gasteiger partial charge on any atom is 0.293 e. The Morgan fingerprint density at radius 2 is 1.48 bits per heavy atom. The first-order valence-corrected chi connectivity index (χ1v) is 20.1. The van der Waals surface area contributed by atoms with Crippen LogP contribution in [0.4, 0.5) is 17.3 Å². The molecule has 0 radical (unpaired) electrons. The van der Waals surface area contributed by atoms with Gasteiger partial charge in [0.15, 0.2) is 0 Å². The number of rotatable bonds is 5. The third-order valence-electron chi connectivity index (χ3n) is 8.60. The summed E-state index contributed by atoms with van der Waals surface area (Å²) in [5.41, 5.74) is 5.29. The zero-order chi connectivity index (χ0) is 39.0. The first-order valence-electron chi connectivity index (χ1n) is 19.2. The van der Waals surface area contributed by atoms with Gasteiger partial charge in [-0.25, -0.2) is 4.98 Å². The van der Waals surface area contributed by atoms with Gasteiger partial charge in [-0.2, -0.15) is 5.26 Å². The van der Waals surface area contributed by atoms with Gasteiger partial charge in [-0.1, -0.05) is 61.1 Å². The Kier molecular flexibility index (Phi) is 18.5. The molecule has 1 aromatic carbocycles. The van der Waals surface area contributed by atoms with Crippen LogP contribution in [-0.4, -0.2) is 92.8 Å². The Bertz CT molecular complexity index is 1570. The summed E-state index contributed by atoms with van der Waals surface area (Å²) in [7, 11) is 2.16. The molecule has 0 atom stereocenters. The van der Waals surface area contributed by atoms with E-state index >= 15 is 0 Å². The van der Waals surface area contributed by atoms with Crippen molar-refractivity contribution in [1.29, 1.82) is 5.26 Å². The van der Waals surface area contributed by atoms with Gasteiger partial charge in [0.05, 0.1) is 5.56 Å². The predicted octanol–water partition coefficient (Wildman–Crippen LogP) is 8.81. The van der Waals surface area contributed by atoms with E-state index in [1.54, 1.807) is 11.3 Å². The molecule has 0 saturated carbocycles. The molecule has 3 aliphatic rings. The number of likely N-dealkylation sites (N-methyl/N-ethyl adjacent to an activating group) is 1. The third kappa shape index (κ3) is 12.4. The molecule has 3 aliphatic heterocycles. The fourth-order valence-corrected chi connectivity index (χ4v) is 6.94. The number of aromatic nitrogens is 1. The van der Waals surface area contributed by atoms with E-state index in [9.17, 15) is 10.1 Å². The average molecular weight is 734 g/mol. The second kappa shape index (κ2) is 21.7. The second-order valence-corrected chi connectivity index (χ2v) is 15.5. The lowest BCUT2D eigenvalue weighted by atomic mass is 9.94. The van der Waals surface area contributed by atoms with Crippen molar-refractivity contribution >= 4 is 45.2 Å². The number of carbonyl (C=O) groups excluding carboxylic acids is 1. The van der Waals surface area contributed by atoms with E-state index in [1.807, 2.05) is 48.5 Å². The smallest absolute Gasteiger partial charge is 0.293 e. The highest BCUT2D eigenvalue weighted by Crippen LogP contribution is 2.39. The molecule has 288 valence electrons. The van der Waals surface area contributed by atoms with Crippen LogP contribution in [0.5, 0.6) is 0 Å². The van der Waals surface area contributed by atoms with Crippen molar-refractivity contribution in [2.24, 2.45) is 5.92 Å². The largest absolute Gasteiger partial charge is 0.462 e. The second-order valence-electron chi connectivity index (χ2n) is 14.5. The van der Waals surface area contributed by atoms with Crippen molar-refractivity contribution in [1.82, 2.24) is 14.8 Å². The van der Waals surface area contributed by atoms with Crippen LogP contribution in [0, 0.1) is 17.2 Å². The SMILES string of the molecule is C=C(C)N1CCN(c2nc(N3CCN(C)CC3)c(C#N)c3c2CCN(c2cccc4sccc24)C3)CC1.CC.CC.CC(C)(C)OC=O.CC(C)C. The van der Waals surface area contributed by atoms with Crippen LogP contribution in [-0.2, 0) is 22.5 Å². The van der Waals surface area contributed by atoms with Crippen LogP contribution in [0.15, 0.2) is 41.9 Å². The maximum atomic E-state index is 10.5. The van der Waals surface area contributed by atoms with E-state index in [2.05, 4.69) is 106 Å². The number of hydrogen-bond acceptors (Lipinski definition) is 10. The topological polar surface area (TPSA) is 79.2 Å². The number of benzene rings is 1. The van der Waals surface area contributed by atoms with Gasteiger partial charge in [0.1, 0.15) is 23.3 Å². The quantitative estimate of drug-likeness (QED) is 0.239. The lowest BCUT2D eigenvalue weighted by Gasteiger charge is -2.41. The van der Waals surface area contributed by atoms with Crippen molar-refractivity contribution in [2.45, 2.75) is 94.7 Å². The molecule has 0 amide bonds. The fraction of sp³-hybridized carbons (Fsp3) is 0.595. The van der Waals surface area contributed by atoms with Crippen LogP contribution in [0.1, 0.15) is 92.9 Å². The molecule has 0 unspecified atom stereocenters. The molecule has 6 rings (SSSR count). The van der Waals surface area contributed by atoms with E-state index < -0.39 is 0 Å². The molecular formula is C42H67N7O2S. The molecule has 0 aliphatic carbocycles. The van der Waals surface area contributed by atoms with Crippen LogP contribution < -0.4 is 14.7 Å². The van der Waals surface area contributed by atoms with Crippen molar-refractivity contribution < 1.29 is 9.53 Å². The Labute approximate surface area is 319 Å². The van der Waals surface area contributed by atoms with Gasteiger partial charge in [0, 0.05) is 92.5 Å². The number of hydrogen-bond donors (Lipinski definition) is 0. The third-order valence-corrected chi connectivity index (χ3v) is 9.48.